The van der Waals surface area contributed by atoms with Crippen LogP contribution in [-0.4, -0.2) is 61.0 Å². The van der Waals surface area contributed by atoms with Gasteiger partial charge in [0.1, 0.15) is 11.9 Å². The SMILES string of the molecule is COC[C@H](O)CN(C)C1CCC(CNc2ncc3oc(C#N)cc3c2Br)CC1. The van der Waals surface area contributed by atoms with Crippen LogP contribution in [0.1, 0.15) is 31.4 Å². The first-order chi connectivity index (χ1) is 13.5. The Hall–Kier alpha value is -1.66. The van der Waals surface area contributed by atoms with E-state index >= 15 is 0 Å². The minimum absolute atomic E-state index is 0.285. The Labute approximate surface area is 173 Å². The summed E-state index contributed by atoms with van der Waals surface area (Å²) >= 11 is 3.58. The molecule has 0 aromatic carbocycles. The average Bonchev–Trinajstić information content (AvgIpc) is 3.12. The lowest BCUT2D eigenvalue weighted by Gasteiger charge is -2.35. The molecular weight excluding hydrogens is 424 g/mol. The molecule has 1 fully saturated rings. The first-order valence-electron chi connectivity index (χ1n) is 9.61. The molecule has 3 rings (SSSR count). The summed E-state index contributed by atoms with van der Waals surface area (Å²) in [6.45, 7) is 1.89. The van der Waals surface area contributed by atoms with E-state index in [9.17, 15) is 5.11 Å². The third-order valence-electron chi connectivity index (χ3n) is 5.48. The Morgan fingerprint density at radius 3 is 2.89 bits per heavy atom. The molecule has 0 amide bonds. The number of furan rings is 1. The number of aromatic nitrogens is 1. The van der Waals surface area contributed by atoms with Gasteiger partial charge in [-0.25, -0.2) is 4.98 Å². The number of ether oxygens (including phenoxy) is 1. The molecule has 1 atom stereocenters. The number of rotatable bonds is 8. The second-order valence-electron chi connectivity index (χ2n) is 7.53. The van der Waals surface area contributed by atoms with E-state index < -0.39 is 6.10 Å². The molecule has 0 bridgehead atoms. The van der Waals surface area contributed by atoms with Crippen LogP contribution in [0.3, 0.4) is 0 Å². The van der Waals surface area contributed by atoms with Gasteiger partial charge in [-0.1, -0.05) is 0 Å². The zero-order chi connectivity index (χ0) is 20.1. The maximum atomic E-state index is 9.92. The van der Waals surface area contributed by atoms with Crippen molar-refractivity contribution in [3.05, 3.63) is 22.5 Å². The third-order valence-corrected chi connectivity index (χ3v) is 6.28. The van der Waals surface area contributed by atoms with Crippen molar-refractivity contribution < 1.29 is 14.3 Å². The molecule has 0 radical (unpaired) electrons. The van der Waals surface area contributed by atoms with Crippen LogP contribution in [0.25, 0.3) is 11.0 Å². The van der Waals surface area contributed by atoms with Crippen LogP contribution < -0.4 is 5.32 Å². The van der Waals surface area contributed by atoms with E-state index in [1.54, 1.807) is 19.4 Å². The Kier molecular flexibility index (Phi) is 7.30. The first-order valence-corrected chi connectivity index (χ1v) is 10.4. The topological polar surface area (TPSA) is 94.6 Å². The zero-order valence-corrected chi connectivity index (χ0v) is 17.9. The van der Waals surface area contributed by atoms with Gasteiger partial charge in [0.2, 0.25) is 5.76 Å². The highest BCUT2D eigenvalue weighted by Crippen LogP contribution is 2.33. The molecule has 1 aliphatic carbocycles. The predicted molar refractivity (Wildman–Crippen MR) is 111 cm³/mol. The van der Waals surface area contributed by atoms with Gasteiger partial charge < -0.3 is 24.5 Å². The second kappa shape index (κ2) is 9.70. The van der Waals surface area contributed by atoms with Gasteiger partial charge in [0.15, 0.2) is 5.58 Å². The highest BCUT2D eigenvalue weighted by Gasteiger charge is 2.25. The van der Waals surface area contributed by atoms with E-state index in [4.69, 9.17) is 14.4 Å². The lowest BCUT2D eigenvalue weighted by atomic mass is 9.85. The molecule has 0 unspecified atom stereocenters. The van der Waals surface area contributed by atoms with Crippen molar-refractivity contribution in [3.8, 4) is 6.07 Å². The van der Waals surface area contributed by atoms with Crippen LogP contribution in [-0.2, 0) is 4.74 Å². The van der Waals surface area contributed by atoms with Crippen LogP contribution in [0.5, 0.6) is 0 Å². The summed E-state index contributed by atoms with van der Waals surface area (Å²) in [7, 11) is 3.69. The van der Waals surface area contributed by atoms with Crippen molar-refractivity contribution in [2.24, 2.45) is 5.92 Å². The number of aliphatic hydroxyl groups is 1. The number of likely N-dealkylation sites (N-methyl/N-ethyl adjacent to an activating group) is 1. The van der Waals surface area contributed by atoms with Crippen molar-refractivity contribution in [1.29, 1.82) is 5.26 Å². The van der Waals surface area contributed by atoms with Crippen LogP contribution in [0.15, 0.2) is 21.2 Å². The van der Waals surface area contributed by atoms with Crippen LogP contribution in [0.2, 0.25) is 0 Å². The van der Waals surface area contributed by atoms with Gasteiger partial charge in [0.05, 0.1) is 23.4 Å². The van der Waals surface area contributed by atoms with Gasteiger partial charge in [-0.3, -0.25) is 0 Å². The summed E-state index contributed by atoms with van der Waals surface area (Å²) < 4.78 is 11.3. The molecule has 1 saturated carbocycles. The number of nitriles is 1. The van der Waals surface area contributed by atoms with Gasteiger partial charge in [-0.05, 0) is 54.6 Å². The first kappa shape index (κ1) is 21.1. The van der Waals surface area contributed by atoms with E-state index in [1.807, 2.05) is 6.07 Å². The van der Waals surface area contributed by atoms with Crippen LogP contribution in [0.4, 0.5) is 5.82 Å². The fourth-order valence-corrected chi connectivity index (χ4v) is 4.47. The number of methoxy groups -OCH3 is 1. The number of aliphatic hydroxyl groups excluding tert-OH is 1. The minimum Gasteiger partial charge on any atom is -0.444 e. The van der Waals surface area contributed by atoms with Gasteiger partial charge in [-0.2, -0.15) is 5.26 Å². The number of hydrogen-bond donors (Lipinski definition) is 2. The molecule has 0 aliphatic heterocycles. The van der Waals surface area contributed by atoms with Gasteiger partial charge in [0.25, 0.3) is 0 Å². The molecule has 1 aliphatic rings. The molecule has 2 aromatic heterocycles. The molecule has 152 valence electrons. The number of nitrogens with one attached hydrogen (secondary N) is 1. The summed E-state index contributed by atoms with van der Waals surface area (Å²) in [6, 6.07) is 4.26. The molecule has 7 nitrogen and oxygen atoms in total. The second-order valence-corrected chi connectivity index (χ2v) is 8.32. The van der Waals surface area contributed by atoms with E-state index in [2.05, 4.69) is 38.2 Å². The summed E-state index contributed by atoms with van der Waals surface area (Å²) in [5, 5.41) is 23.2. The predicted octanol–water partition coefficient (Wildman–Crippen LogP) is 3.37. The minimum atomic E-state index is -0.433. The zero-order valence-electron chi connectivity index (χ0n) is 16.3. The molecular formula is C20H27BrN4O3. The van der Waals surface area contributed by atoms with Crippen molar-refractivity contribution in [2.45, 2.75) is 37.8 Å². The molecule has 2 heterocycles. The molecule has 0 spiro atoms. The summed E-state index contributed by atoms with van der Waals surface area (Å²) in [5.74, 6) is 1.66. The fraction of sp³-hybridized carbons (Fsp3) is 0.600. The van der Waals surface area contributed by atoms with Gasteiger partial charge in [-0.15, -0.1) is 0 Å². The standard InChI is InChI=1S/C20H27BrN4O3/c1-25(11-15(26)12-27-2)14-5-3-13(4-6-14)9-23-20-19(21)17-7-16(8-22)28-18(17)10-24-20/h7,10,13-15,26H,3-6,9,11-12H2,1-2H3,(H,23,24)/t13?,14?,15-/m1/s1. The molecule has 28 heavy (non-hydrogen) atoms. The lowest BCUT2D eigenvalue weighted by Crippen LogP contribution is -2.41. The summed E-state index contributed by atoms with van der Waals surface area (Å²) in [6.07, 6.45) is 5.77. The molecule has 0 saturated heterocycles. The van der Waals surface area contributed by atoms with Gasteiger partial charge in [0, 0.05) is 37.7 Å². The lowest BCUT2D eigenvalue weighted by molar-refractivity contribution is 0.0280. The number of hydrogen-bond acceptors (Lipinski definition) is 7. The monoisotopic (exact) mass is 450 g/mol. The summed E-state index contributed by atoms with van der Waals surface area (Å²) in [5.41, 5.74) is 0.605. The van der Waals surface area contributed by atoms with Crippen molar-refractivity contribution in [1.82, 2.24) is 9.88 Å². The molecule has 2 N–H and O–H groups in total. The Balaban J connectivity index is 1.50. The highest BCUT2D eigenvalue weighted by atomic mass is 79.9. The van der Waals surface area contributed by atoms with E-state index in [0.29, 0.717) is 30.7 Å². The maximum Gasteiger partial charge on any atom is 0.204 e. The number of nitrogens with zero attached hydrogens (tertiary/aromatic N) is 3. The quantitative estimate of drug-likeness (QED) is 0.636. The number of halogens is 1. The fourth-order valence-electron chi connectivity index (χ4n) is 3.92. The Bertz CT molecular complexity index is 827. The molecule has 8 heteroatoms. The van der Waals surface area contributed by atoms with Crippen LogP contribution >= 0.6 is 15.9 Å². The van der Waals surface area contributed by atoms with E-state index in [1.165, 1.54) is 0 Å². The van der Waals surface area contributed by atoms with Crippen molar-refractivity contribution >= 4 is 32.7 Å². The summed E-state index contributed by atoms with van der Waals surface area (Å²) in [4.78, 5) is 6.68. The highest BCUT2D eigenvalue weighted by molar-refractivity contribution is 9.10. The normalized spacial score (nSPS) is 21.0. The maximum absolute atomic E-state index is 9.92. The average molecular weight is 451 g/mol. The smallest absolute Gasteiger partial charge is 0.204 e. The Morgan fingerprint density at radius 2 is 2.21 bits per heavy atom. The van der Waals surface area contributed by atoms with Crippen molar-refractivity contribution in [2.75, 3.05) is 39.2 Å². The molecule has 2 aromatic rings. The number of fused-ring (bicyclic) bond motifs is 1. The largest absolute Gasteiger partial charge is 0.444 e. The number of anilines is 1. The van der Waals surface area contributed by atoms with E-state index in [0.717, 1.165) is 47.9 Å². The van der Waals surface area contributed by atoms with Gasteiger partial charge >= 0.3 is 0 Å². The van der Waals surface area contributed by atoms with E-state index in [-0.39, 0.29) is 5.76 Å². The third kappa shape index (κ3) is 5.03. The van der Waals surface area contributed by atoms with Crippen molar-refractivity contribution in [3.63, 3.8) is 0 Å². The number of pyridine rings is 1. The van der Waals surface area contributed by atoms with Crippen LogP contribution in [0, 0.1) is 17.2 Å². The Morgan fingerprint density at radius 1 is 1.46 bits per heavy atom.